The number of rotatable bonds is 4. The first-order chi connectivity index (χ1) is 25.3. The maximum Gasteiger partial charge on any atom is 0.160 e. The number of hydrogen-bond acceptors (Lipinski definition) is 4. The average molecular weight is 670 g/mol. The van der Waals surface area contributed by atoms with Gasteiger partial charge in [0, 0.05) is 65.5 Å². The first-order valence-corrected chi connectivity index (χ1v) is 17.9. The van der Waals surface area contributed by atoms with Gasteiger partial charge in [-0.25, -0.2) is 9.97 Å². The quantitative estimate of drug-likeness (QED) is 0.187. The molecule has 0 radical (unpaired) electrons. The predicted molar refractivity (Wildman–Crippen MR) is 213 cm³/mol. The predicted octanol–water partition coefficient (Wildman–Crippen LogP) is 12.8. The molecule has 0 aliphatic heterocycles. The Labute approximate surface area is 296 Å². The summed E-state index contributed by atoms with van der Waals surface area (Å²) in [5.74, 6) is 0.663. The Morgan fingerprint density at radius 2 is 1.06 bits per heavy atom. The first kappa shape index (κ1) is 28.3. The third-order valence-electron chi connectivity index (χ3n) is 10.0. The number of fused-ring (bicyclic) bond motifs is 10. The minimum atomic E-state index is 0.663. The van der Waals surface area contributed by atoms with Crippen molar-refractivity contribution in [1.82, 2.24) is 14.5 Å². The first-order valence-electron chi connectivity index (χ1n) is 17.1. The van der Waals surface area contributed by atoms with E-state index in [0.29, 0.717) is 5.82 Å². The molecule has 11 rings (SSSR count). The van der Waals surface area contributed by atoms with Crippen molar-refractivity contribution in [3.05, 3.63) is 164 Å². The Hall–Kier alpha value is -6.56. The molecule has 0 amide bonds. The Bertz CT molecular complexity index is 3080. The highest BCUT2D eigenvalue weighted by Gasteiger charge is 2.19. The lowest BCUT2D eigenvalue weighted by Crippen LogP contribution is -1.95. The number of nitrogens with zero attached hydrogens (tertiary/aromatic N) is 3. The fraction of sp³-hybridized carbons (Fsp3) is 0. The van der Waals surface area contributed by atoms with Gasteiger partial charge < -0.3 is 8.98 Å². The van der Waals surface area contributed by atoms with E-state index in [1.165, 1.54) is 42.0 Å². The summed E-state index contributed by atoms with van der Waals surface area (Å²) >= 11 is 1.86. The zero-order chi connectivity index (χ0) is 33.5. The van der Waals surface area contributed by atoms with Crippen LogP contribution in [0.1, 0.15) is 0 Å². The molecule has 0 fully saturated rings. The van der Waals surface area contributed by atoms with Gasteiger partial charge in [0.15, 0.2) is 5.82 Å². The van der Waals surface area contributed by atoms with Crippen molar-refractivity contribution < 1.29 is 4.42 Å². The van der Waals surface area contributed by atoms with Crippen molar-refractivity contribution >= 4 is 75.3 Å². The molecular weight excluding hydrogens is 643 g/mol. The topological polar surface area (TPSA) is 43.9 Å². The maximum absolute atomic E-state index is 6.68. The normalized spacial score (nSPS) is 11.9. The Kier molecular flexibility index (Phi) is 6.09. The van der Waals surface area contributed by atoms with Crippen LogP contribution in [0.15, 0.2) is 168 Å². The standard InChI is InChI=1S/C46H27N3OS/c1-3-11-28(12-4-1)38-27-39(29-13-5-2-6-14-29)48-46(47-38)30-19-21-33-34-22-20-31(26-42(34)50-41(33)25-30)49-40-17-9-7-15-32(40)36-23-24-37-35-16-8-10-18-43(35)51-45(37)44(36)49/h1-27H. The monoisotopic (exact) mass is 669 g/mol. The number of furan rings is 1. The molecule has 0 saturated carbocycles. The van der Waals surface area contributed by atoms with Crippen molar-refractivity contribution in [3.8, 4) is 39.6 Å². The molecule has 5 heteroatoms. The van der Waals surface area contributed by atoms with Gasteiger partial charge >= 0.3 is 0 Å². The second-order valence-electron chi connectivity index (χ2n) is 13.0. The second kappa shape index (κ2) is 11.0. The van der Waals surface area contributed by atoms with Crippen molar-refractivity contribution in [3.63, 3.8) is 0 Å². The molecule has 7 aromatic carbocycles. The highest BCUT2D eigenvalue weighted by atomic mass is 32.1. The second-order valence-corrected chi connectivity index (χ2v) is 14.0. The third kappa shape index (κ3) is 4.38. The zero-order valence-electron chi connectivity index (χ0n) is 27.2. The highest BCUT2D eigenvalue weighted by Crippen LogP contribution is 2.43. The van der Waals surface area contributed by atoms with Crippen molar-refractivity contribution in [2.75, 3.05) is 0 Å². The fourth-order valence-corrected chi connectivity index (χ4v) is 8.87. The lowest BCUT2D eigenvalue weighted by molar-refractivity contribution is 0.669. The molecule has 0 spiro atoms. The minimum absolute atomic E-state index is 0.663. The van der Waals surface area contributed by atoms with Crippen LogP contribution in [0.25, 0.3) is 104 Å². The molecule has 4 aromatic heterocycles. The molecule has 0 N–H and O–H groups in total. The van der Waals surface area contributed by atoms with E-state index in [2.05, 4.69) is 132 Å². The molecular formula is C46H27N3OS. The van der Waals surface area contributed by atoms with Crippen LogP contribution in [-0.4, -0.2) is 14.5 Å². The Morgan fingerprint density at radius 3 is 1.82 bits per heavy atom. The number of hydrogen-bond donors (Lipinski definition) is 0. The molecule has 238 valence electrons. The number of benzene rings is 7. The van der Waals surface area contributed by atoms with Gasteiger partial charge in [0.25, 0.3) is 0 Å². The van der Waals surface area contributed by atoms with Crippen LogP contribution in [-0.2, 0) is 0 Å². The molecule has 51 heavy (non-hydrogen) atoms. The highest BCUT2D eigenvalue weighted by molar-refractivity contribution is 7.26. The fourth-order valence-electron chi connectivity index (χ4n) is 7.63. The van der Waals surface area contributed by atoms with Crippen LogP contribution in [0.4, 0.5) is 0 Å². The van der Waals surface area contributed by atoms with Crippen LogP contribution in [0, 0.1) is 0 Å². The van der Waals surface area contributed by atoms with Gasteiger partial charge in [-0.1, -0.05) is 115 Å². The molecule has 0 atom stereocenters. The summed E-state index contributed by atoms with van der Waals surface area (Å²) in [4.78, 5) is 10.1. The molecule has 0 aliphatic rings. The molecule has 4 heterocycles. The molecule has 0 bridgehead atoms. The van der Waals surface area contributed by atoms with Gasteiger partial charge in [-0.15, -0.1) is 11.3 Å². The van der Waals surface area contributed by atoms with Crippen molar-refractivity contribution in [2.24, 2.45) is 0 Å². The summed E-state index contributed by atoms with van der Waals surface area (Å²) in [7, 11) is 0. The van der Waals surface area contributed by atoms with E-state index in [9.17, 15) is 0 Å². The summed E-state index contributed by atoms with van der Waals surface area (Å²) in [6.45, 7) is 0. The van der Waals surface area contributed by atoms with Gasteiger partial charge in [-0.3, -0.25) is 0 Å². The zero-order valence-corrected chi connectivity index (χ0v) is 28.1. The third-order valence-corrected chi connectivity index (χ3v) is 11.2. The summed E-state index contributed by atoms with van der Waals surface area (Å²) in [6, 6.07) is 57.5. The summed E-state index contributed by atoms with van der Waals surface area (Å²) in [6.07, 6.45) is 0. The van der Waals surface area contributed by atoms with E-state index < -0.39 is 0 Å². The van der Waals surface area contributed by atoms with Crippen LogP contribution in [0.5, 0.6) is 0 Å². The SMILES string of the molecule is c1ccc(-c2cc(-c3ccccc3)nc(-c3ccc4c(c3)oc3cc(-n5c6ccccc6c6ccc7c8ccccc8sc7c65)ccc34)n2)cc1. The van der Waals surface area contributed by atoms with E-state index in [4.69, 9.17) is 14.4 Å². The van der Waals surface area contributed by atoms with Gasteiger partial charge in [0.05, 0.1) is 27.1 Å². The molecule has 0 aliphatic carbocycles. The van der Waals surface area contributed by atoms with E-state index in [1.807, 2.05) is 47.7 Å². The minimum Gasteiger partial charge on any atom is -0.456 e. The summed E-state index contributed by atoms with van der Waals surface area (Å²) in [5, 5.41) is 7.24. The average Bonchev–Trinajstić information content (AvgIpc) is 3.87. The van der Waals surface area contributed by atoms with Gasteiger partial charge in [-0.2, -0.15) is 0 Å². The Morgan fingerprint density at radius 1 is 0.451 bits per heavy atom. The molecule has 4 nitrogen and oxygen atoms in total. The van der Waals surface area contributed by atoms with Gasteiger partial charge in [0.2, 0.25) is 0 Å². The van der Waals surface area contributed by atoms with E-state index >= 15 is 0 Å². The van der Waals surface area contributed by atoms with E-state index in [1.54, 1.807) is 0 Å². The van der Waals surface area contributed by atoms with Gasteiger partial charge in [0.1, 0.15) is 11.2 Å². The molecule has 11 aromatic rings. The smallest absolute Gasteiger partial charge is 0.160 e. The van der Waals surface area contributed by atoms with Crippen molar-refractivity contribution in [1.29, 1.82) is 0 Å². The van der Waals surface area contributed by atoms with Crippen molar-refractivity contribution in [2.45, 2.75) is 0 Å². The van der Waals surface area contributed by atoms with Crippen LogP contribution in [0.2, 0.25) is 0 Å². The number of thiophene rings is 1. The van der Waals surface area contributed by atoms with Crippen LogP contribution < -0.4 is 0 Å². The van der Waals surface area contributed by atoms with Crippen LogP contribution >= 0.6 is 11.3 Å². The maximum atomic E-state index is 6.68. The lowest BCUT2D eigenvalue weighted by atomic mass is 10.1. The number of aromatic nitrogens is 3. The summed E-state index contributed by atoms with van der Waals surface area (Å²) < 4.78 is 11.7. The van der Waals surface area contributed by atoms with E-state index in [0.717, 1.165) is 55.7 Å². The Balaban J connectivity index is 1.09. The largest absolute Gasteiger partial charge is 0.456 e. The number of para-hydroxylation sites is 1. The molecule has 0 unspecified atom stereocenters. The molecule has 0 saturated heterocycles. The lowest BCUT2D eigenvalue weighted by Gasteiger charge is -2.09. The van der Waals surface area contributed by atoms with E-state index in [-0.39, 0.29) is 0 Å². The van der Waals surface area contributed by atoms with Crippen LogP contribution in [0.3, 0.4) is 0 Å². The summed E-state index contributed by atoms with van der Waals surface area (Å²) in [5.41, 5.74) is 9.91. The van der Waals surface area contributed by atoms with Gasteiger partial charge in [-0.05, 0) is 42.5 Å².